The maximum atomic E-state index is 9.70. The van der Waals surface area contributed by atoms with Crippen molar-refractivity contribution in [3.63, 3.8) is 0 Å². The van der Waals surface area contributed by atoms with E-state index in [2.05, 4.69) is 0 Å². The normalized spacial score (nSPS) is 11.2. The molecule has 0 aromatic rings. The lowest BCUT2D eigenvalue weighted by atomic mass is 10.4. The van der Waals surface area contributed by atoms with Crippen molar-refractivity contribution in [1.29, 1.82) is 0 Å². The molecule has 0 aromatic heterocycles. The summed E-state index contributed by atoms with van der Waals surface area (Å²) in [6.07, 6.45) is 0. The van der Waals surface area contributed by atoms with Crippen LogP contribution in [0.4, 0.5) is 0 Å². The van der Waals surface area contributed by atoms with Gasteiger partial charge in [0.15, 0.2) is 0 Å². The van der Waals surface area contributed by atoms with Crippen LogP contribution in [0.1, 0.15) is 6.92 Å². The Bertz CT molecular complexity index is 111. The van der Waals surface area contributed by atoms with Crippen LogP contribution in [-0.2, 0) is 4.79 Å². The number of nitro groups is 1. The van der Waals surface area contributed by atoms with Gasteiger partial charge in [-0.2, -0.15) is 0 Å². The summed E-state index contributed by atoms with van der Waals surface area (Å²) >= 11 is 0. The van der Waals surface area contributed by atoms with E-state index in [9.17, 15) is 14.9 Å². The van der Waals surface area contributed by atoms with Crippen molar-refractivity contribution < 1.29 is 14.8 Å². The minimum absolute atomic E-state index is 0. The summed E-state index contributed by atoms with van der Waals surface area (Å²) in [5.41, 5.74) is 0. The van der Waals surface area contributed by atoms with E-state index in [1.807, 2.05) is 0 Å². The Morgan fingerprint density at radius 3 is 2.11 bits per heavy atom. The van der Waals surface area contributed by atoms with Crippen molar-refractivity contribution in [2.24, 2.45) is 0 Å². The molecule has 9 heavy (non-hydrogen) atoms. The van der Waals surface area contributed by atoms with E-state index in [-0.39, 0.29) is 12.4 Å². The molecule has 0 aliphatic carbocycles. The van der Waals surface area contributed by atoms with Gasteiger partial charge in [-0.1, -0.05) is 0 Å². The highest BCUT2D eigenvalue weighted by atomic mass is 35.5. The molecule has 0 rings (SSSR count). The van der Waals surface area contributed by atoms with Crippen LogP contribution < -0.4 is 0 Å². The third-order valence-electron chi connectivity index (χ3n) is 0.674. The van der Waals surface area contributed by atoms with Crippen LogP contribution in [0, 0.1) is 10.1 Å². The molecule has 1 unspecified atom stereocenters. The molecular formula is C3H6ClNO4. The number of nitrogens with zero attached hydrogens (tertiary/aromatic N) is 1. The van der Waals surface area contributed by atoms with Gasteiger partial charge in [0.25, 0.3) is 0 Å². The lowest BCUT2D eigenvalue weighted by Gasteiger charge is -1.92. The summed E-state index contributed by atoms with van der Waals surface area (Å²) in [5.74, 6) is -1.41. The van der Waals surface area contributed by atoms with Gasteiger partial charge in [-0.25, -0.2) is 4.79 Å². The quantitative estimate of drug-likeness (QED) is 0.455. The SMILES string of the molecule is CC(C(=O)O)[N+](=O)[O-].Cl. The summed E-state index contributed by atoms with van der Waals surface area (Å²) in [5, 5.41) is 17.5. The first-order valence-electron chi connectivity index (χ1n) is 1.92. The van der Waals surface area contributed by atoms with Gasteiger partial charge >= 0.3 is 12.0 Å². The van der Waals surface area contributed by atoms with Crippen molar-refractivity contribution in [2.45, 2.75) is 13.0 Å². The molecule has 0 amide bonds. The Morgan fingerprint density at radius 1 is 1.78 bits per heavy atom. The molecule has 1 N–H and O–H groups in total. The largest absolute Gasteiger partial charge is 0.476 e. The standard InChI is InChI=1S/C3H5NO4.ClH/c1-2(3(5)6)4(7)8;/h2H,1H3,(H,5,6);1H. The Morgan fingerprint density at radius 2 is 2.11 bits per heavy atom. The highest BCUT2D eigenvalue weighted by Crippen LogP contribution is 1.84. The Kier molecular flexibility index (Phi) is 5.00. The van der Waals surface area contributed by atoms with Gasteiger partial charge in [0, 0.05) is 11.8 Å². The Balaban J connectivity index is 0. The molecular weight excluding hydrogens is 149 g/mol. The summed E-state index contributed by atoms with van der Waals surface area (Å²) in [4.78, 5) is 18.4. The first kappa shape index (κ1) is 11.0. The minimum atomic E-state index is -1.49. The van der Waals surface area contributed by atoms with Crippen molar-refractivity contribution in [2.75, 3.05) is 0 Å². The lowest BCUT2D eigenvalue weighted by molar-refractivity contribution is -0.505. The van der Waals surface area contributed by atoms with Gasteiger partial charge < -0.3 is 5.11 Å². The average molecular weight is 156 g/mol. The number of hydrogen-bond acceptors (Lipinski definition) is 3. The second kappa shape index (κ2) is 4.08. The number of halogens is 1. The highest BCUT2D eigenvalue weighted by molar-refractivity contribution is 5.85. The fourth-order valence-electron chi connectivity index (χ4n) is 0.0902. The summed E-state index contributed by atoms with van der Waals surface area (Å²) in [6, 6.07) is -1.49. The highest BCUT2D eigenvalue weighted by Gasteiger charge is 2.21. The van der Waals surface area contributed by atoms with Crippen LogP contribution in [0.25, 0.3) is 0 Å². The van der Waals surface area contributed by atoms with Crippen LogP contribution >= 0.6 is 12.4 Å². The zero-order chi connectivity index (χ0) is 6.73. The molecule has 0 saturated carbocycles. The molecule has 5 nitrogen and oxygen atoms in total. The van der Waals surface area contributed by atoms with Crippen LogP contribution in [-0.4, -0.2) is 22.0 Å². The summed E-state index contributed by atoms with van der Waals surface area (Å²) < 4.78 is 0. The molecule has 0 spiro atoms. The fourth-order valence-corrected chi connectivity index (χ4v) is 0.0902. The van der Waals surface area contributed by atoms with Crippen molar-refractivity contribution in [1.82, 2.24) is 0 Å². The van der Waals surface area contributed by atoms with E-state index >= 15 is 0 Å². The first-order chi connectivity index (χ1) is 3.55. The fraction of sp³-hybridized carbons (Fsp3) is 0.667. The van der Waals surface area contributed by atoms with E-state index in [0.29, 0.717) is 0 Å². The second-order valence-corrected chi connectivity index (χ2v) is 1.30. The van der Waals surface area contributed by atoms with Crippen LogP contribution in [0.3, 0.4) is 0 Å². The maximum absolute atomic E-state index is 9.70. The molecule has 0 saturated heterocycles. The molecule has 54 valence electrons. The van der Waals surface area contributed by atoms with Gasteiger partial charge in [-0.15, -0.1) is 12.4 Å². The zero-order valence-electron chi connectivity index (χ0n) is 4.60. The Labute approximate surface area is 57.2 Å². The second-order valence-electron chi connectivity index (χ2n) is 1.30. The monoisotopic (exact) mass is 155 g/mol. The zero-order valence-corrected chi connectivity index (χ0v) is 5.42. The number of carboxylic acids is 1. The summed E-state index contributed by atoms with van der Waals surface area (Å²) in [6.45, 7) is 1.02. The van der Waals surface area contributed by atoms with E-state index in [1.54, 1.807) is 0 Å². The van der Waals surface area contributed by atoms with Crippen molar-refractivity contribution >= 4 is 18.4 Å². The number of carboxylic acid groups (broad SMARTS) is 1. The maximum Gasteiger partial charge on any atom is 0.378 e. The number of rotatable bonds is 2. The van der Waals surface area contributed by atoms with Gasteiger partial charge in [-0.3, -0.25) is 10.1 Å². The van der Waals surface area contributed by atoms with E-state index in [0.717, 1.165) is 6.92 Å². The van der Waals surface area contributed by atoms with Crippen LogP contribution in [0.5, 0.6) is 0 Å². The van der Waals surface area contributed by atoms with E-state index < -0.39 is 16.9 Å². The molecule has 0 fully saturated rings. The van der Waals surface area contributed by atoms with Crippen molar-refractivity contribution in [3.8, 4) is 0 Å². The van der Waals surface area contributed by atoms with Gasteiger partial charge in [0.1, 0.15) is 0 Å². The minimum Gasteiger partial charge on any atom is -0.476 e. The van der Waals surface area contributed by atoms with E-state index in [4.69, 9.17) is 5.11 Å². The van der Waals surface area contributed by atoms with Crippen molar-refractivity contribution in [3.05, 3.63) is 10.1 Å². The van der Waals surface area contributed by atoms with Gasteiger partial charge in [0.2, 0.25) is 0 Å². The molecule has 1 atom stereocenters. The predicted octanol–water partition coefficient (Wildman–Crippen LogP) is 0.158. The molecule has 0 bridgehead atoms. The number of aliphatic carboxylic acids is 1. The summed E-state index contributed by atoms with van der Waals surface area (Å²) in [7, 11) is 0. The van der Waals surface area contributed by atoms with E-state index in [1.165, 1.54) is 0 Å². The lowest BCUT2D eigenvalue weighted by Crippen LogP contribution is -2.24. The molecule has 0 heterocycles. The topological polar surface area (TPSA) is 80.4 Å². The van der Waals surface area contributed by atoms with Crippen LogP contribution in [0.2, 0.25) is 0 Å². The molecule has 0 aliphatic heterocycles. The predicted molar refractivity (Wildman–Crippen MR) is 31.3 cm³/mol. The molecule has 0 aliphatic rings. The van der Waals surface area contributed by atoms with Crippen LogP contribution in [0.15, 0.2) is 0 Å². The molecule has 0 radical (unpaired) electrons. The average Bonchev–Trinajstić information content (AvgIpc) is 1.64. The molecule has 6 heteroatoms. The smallest absolute Gasteiger partial charge is 0.378 e. The van der Waals surface area contributed by atoms with Gasteiger partial charge in [-0.05, 0) is 0 Å². The molecule has 0 aromatic carbocycles. The van der Waals surface area contributed by atoms with Gasteiger partial charge in [0.05, 0.1) is 0 Å². The Hall–Kier alpha value is -0.840. The number of carbonyl (C=O) groups is 1. The number of hydrogen-bond donors (Lipinski definition) is 1. The first-order valence-corrected chi connectivity index (χ1v) is 1.92. The third kappa shape index (κ3) is 3.72. The third-order valence-corrected chi connectivity index (χ3v) is 0.674.